The van der Waals surface area contributed by atoms with E-state index in [4.69, 9.17) is 4.74 Å². The van der Waals surface area contributed by atoms with Gasteiger partial charge in [-0.1, -0.05) is 0 Å². The van der Waals surface area contributed by atoms with Gasteiger partial charge in [0.2, 0.25) is 0 Å². The van der Waals surface area contributed by atoms with Crippen LogP contribution in [0.15, 0.2) is 0 Å². The molecule has 0 aromatic rings. The lowest BCUT2D eigenvalue weighted by Gasteiger charge is -2.14. The summed E-state index contributed by atoms with van der Waals surface area (Å²) in [5.41, 5.74) is 0. The second-order valence-corrected chi connectivity index (χ2v) is 3.23. The predicted octanol–water partition coefficient (Wildman–Crippen LogP) is 2.21. The van der Waals surface area contributed by atoms with Crippen molar-refractivity contribution in [1.82, 2.24) is 0 Å². The van der Waals surface area contributed by atoms with Crippen LogP contribution in [0.1, 0.15) is 33.6 Å². The van der Waals surface area contributed by atoms with Crippen molar-refractivity contribution in [2.24, 2.45) is 5.92 Å². The fraction of sp³-hybridized carbons (Fsp3) is 1.00. The molecule has 0 saturated heterocycles. The summed E-state index contributed by atoms with van der Waals surface area (Å²) in [6, 6.07) is 0. The highest BCUT2D eigenvalue weighted by Gasteiger charge is 2.28. The smallest absolute Gasteiger partial charge is 0.0578 e. The molecule has 0 aromatic carbocycles. The fourth-order valence-electron chi connectivity index (χ4n) is 1.11. The summed E-state index contributed by atoms with van der Waals surface area (Å²) < 4.78 is 5.57. The maximum Gasteiger partial charge on any atom is 0.0578 e. The Balaban J connectivity index is 2.10. The van der Waals surface area contributed by atoms with Crippen LogP contribution in [0.2, 0.25) is 0 Å². The molecular formula is C8H16O. The summed E-state index contributed by atoms with van der Waals surface area (Å²) in [6.45, 7) is 6.37. The van der Waals surface area contributed by atoms with Crippen LogP contribution in [0.25, 0.3) is 0 Å². The van der Waals surface area contributed by atoms with Crippen LogP contribution >= 0.6 is 0 Å². The zero-order valence-electron chi connectivity index (χ0n) is 6.55. The third-order valence-corrected chi connectivity index (χ3v) is 1.77. The van der Waals surface area contributed by atoms with Gasteiger partial charge in [0.05, 0.1) is 12.2 Å². The van der Waals surface area contributed by atoms with Crippen molar-refractivity contribution in [3.8, 4) is 0 Å². The second-order valence-electron chi connectivity index (χ2n) is 3.23. The molecule has 54 valence electrons. The molecule has 1 saturated carbocycles. The third-order valence-electron chi connectivity index (χ3n) is 1.77. The van der Waals surface area contributed by atoms with E-state index in [1.165, 1.54) is 12.8 Å². The highest BCUT2D eigenvalue weighted by atomic mass is 16.5. The molecule has 0 aliphatic heterocycles. The van der Waals surface area contributed by atoms with E-state index < -0.39 is 0 Å². The first-order valence-corrected chi connectivity index (χ1v) is 3.85. The van der Waals surface area contributed by atoms with Crippen molar-refractivity contribution in [3.63, 3.8) is 0 Å². The van der Waals surface area contributed by atoms with Crippen LogP contribution in [0.3, 0.4) is 0 Å². The van der Waals surface area contributed by atoms with Gasteiger partial charge in [-0.05, 0) is 39.5 Å². The Labute approximate surface area is 57.4 Å². The Bertz CT molecular complexity index is 84.6. The molecule has 1 unspecified atom stereocenters. The molecule has 1 heteroatoms. The Hall–Kier alpha value is -0.0400. The normalized spacial score (nSPS) is 22.7. The van der Waals surface area contributed by atoms with Crippen LogP contribution in [0, 0.1) is 5.92 Å². The van der Waals surface area contributed by atoms with E-state index in [9.17, 15) is 0 Å². The van der Waals surface area contributed by atoms with Gasteiger partial charge in [-0.25, -0.2) is 0 Å². The van der Waals surface area contributed by atoms with Gasteiger partial charge in [0.1, 0.15) is 0 Å². The van der Waals surface area contributed by atoms with Gasteiger partial charge in [-0.15, -0.1) is 0 Å². The number of hydrogen-bond donors (Lipinski definition) is 0. The first-order valence-electron chi connectivity index (χ1n) is 3.85. The Morgan fingerprint density at radius 1 is 1.22 bits per heavy atom. The molecule has 1 fully saturated rings. The second kappa shape index (κ2) is 2.70. The fourth-order valence-corrected chi connectivity index (χ4v) is 1.11. The Kier molecular flexibility index (Phi) is 2.12. The topological polar surface area (TPSA) is 9.23 Å². The van der Waals surface area contributed by atoms with E-state index in [0.29, 0.717) is 12.2 Å². The summed E-state index contributed by atoms with van der Waals surface area (Å²) >= 11 is 0. The minimum atomic E-state index is 0.403. The molecule has 1 atom stereocenters. The molecule has 1 nitrogen and oxygen atoms in total. The first kappa shape index (κ1) is 7.07. The largest absolute Gasteiger partial charge is 0.376 e. The van der Waals surface area contributed by atoms with Crippen molar-refractivity contribution < 1.29 is 4.74 Å². The minimum Gasteiger partial charge on any atom is -0.376 e. The van der Waals surface area contributed by atoms with Gasteiger partial charge < -0.3 is 4.74 Å². The maximum absolute atomic E-state index is 5.57. The summed E-state index contributed by atoms with van der Waals surface area (Å²) in [6.07, 6.45) is 3.67. The first-order chi connectivity index (χ1) is 4.20. The van der Waals surface area contributed by atoms with Gasteiger partial charge in [0, 0.05) is 0 Å². The molecule has 0 bridgehead atoms. The monoisotopic (exact) mass is 128 g/mol. The lowest BCUT2D eigenvalue weighted by molar-refractivity contribution is 0.00660. The summed E-state index contributed by atoms with van der Waals surface area (Å²) in [5.74, 6) is 0.882. The van der Waals surface area contributed by atoms with Crippen LogP contribution in [-0.4, -0.2) is 12.2 Å². The van der Waals surface area contributed by atoms with Gasteiger partial charge in [-0.2, -0.15) is 0 Å². The molecule has 0 radical (unpaired) electrons. The van der Waals surface area contributed by atoms with Gasteiger partial charge in [-0.3, -0.25) is 0 Å². The van der Waals surface area contributed by atoms with Crippen molar-refractivity contribution >= 4 is 0 Å². The van der Waals surface area contributed by atoms with Crippen molar-refractivity contribution in [3.05, 3.63) is 0 Å². The van der Waals surface area contributed by atoms with Crippen LogP contribution in [0.4, 0.5) is 0 Å². The van der Waals surface area contributed by atoms with E-state index in [2.05, 4.69) is 20.8 Å². The minimum absolute atomic E-state index is 0.403. The summed E-state index contributed by atoms with van der Waals surface area (Å²) in [5, 5.41) is 0. The Morgan fingerprint density at radius 2 is 1.78 bits per heavy atom. The zero-order valence-corrected chi connectivity index (χ0v) is 6.55. The third kappa shape index (κ3) is 2.35. The predicted molar refractivity (Wildman–Crippen MR) is 38.4 cm³/mol. The molecule has 1 aliphatic rings. The molecule has 9 heavy (non-hydrogen) atoms. The van der Waals surface area contributed by atoms with Crippen molar-refractivity contribution in [2.45, 2.75) is 45.8 Å². The van der Waals surface area contributed by atoms with E-state index in [1.54, 1.807) is 0 Å². The van der Waals surface area contributed by atoms with E-state index in [1.807, 2.05) is 0 Å². The van der Waals surface area contributed by atoms with Crippen LogP contribution < -0.4 is 0 Å². The maximum atomic E-state index is 5.57. The Morgan fingerprint density at radius 3 is 2.11 bits per heavy atom. The lowest BCUT2D eigenvalue weighted by Crippen LogP contribution is -2.15. The van der Waals surface area contributed by atoms with E-state index >= 15 is 0 Å². The number of rotatable bonds is 3. The van der Waals surface area contributed by atoms with Crippen molar-refractivity contribution in [2.75, 3.05) is 0 Å². The molecular weight excluding hydrogens is 112 g/mol. The SMILES string of the molecule is CC(C)OC(C)C1CC1. The highest BCUT2D eigenvalue weighted by molar-refractivity contribution is 4.79. The highest BCUT2D eigenvalue weighted by Crippen LogP contribution is 2.34. The molecule has 0 aromatic heterocycles. The average molecular weight is 128 g/mol. The molecule has 0 heterocycles. The summed E-state index contributed by atoms with van der Waals surface area (Å²) in [4.78, 5) is 0. The van der Waals surface area contributed by atoms with Gasteiger partial charge >= 0.3 is 0 Å². The number of ether oxygens (including phenoxy) is 1. The van der Waals surface area contributed by atoms with Crippen LogP contribution in [-0.2, 0) is 4.74 Å². The van der Waals surface area contributed by atoms with Crippen LogP contribution in [0.5, 0.6) is 0 Å². The average Bonchev–Trinajstić information content (AvgIpc) is 2.40. The summed E-state index contributed by atoms with van der Waals surface area (Å²) in [7, 11) is 0. The van der Waals surface area contributed by atoms with E-state index in [-0.39, 0.29) is 0 Å². The quantitative estimate of drug-likeness (QED) is 0.566. The standard InChI is InChI=1S/C8H16O/c1-6(2)9-7(3)8-4-5-8/h6-8H,4-5H2,1-3H3. The number of hydrogen-bond acceptors (Lipinski definition) is 1. The molecule has 1 aliphatic carbocycles. The van der Waals surface area contributed by atoms with Gasteiger partial charge in [0.25, 0.3) is 0 Å². The molecule has 0 spiro atoms. The van der Waals surface area contributed by atoms with Crippen molar-refractivity contribution in [1.29, 1.82) is 0 Å². The lowest BCUT2D eigenvalue weighted by atomic mass is 10.2. The molecule has 0 N–H and O–H groups in total. The molecule has 0 amide bonds. The molecule has 1 rings (SSSR count). The van der Waals surface area contributed by atoms with E-state index in [0.717, 1.165) is 5.92 Å². The van der Waals surface area contributed by atoms with Gasteiger partial charge in [0.15, 0.2) is 0 Å². The zero-order chi connectivity index (χ0) is 6.85.